The second-order valence-electron chi connectivity index (χ2n) is 5.38. The lowest BCUT2D eigenvalue weighted by Gasteiger charge is -2.21. The van der Waals surface area contributed by atoms with Gasteiger partial charge in [0, 0.05) is 35.0 Å². The van der Waals surface area contributed by atoms with Crippen molar-refractivity contribution >= 4 is 23.2 Å². The van der Waals surface area contributed by atoms with Crippen LogP contribution in [0.2, 0.25) is 10.0 Å². The average Bonchev–Trinajstić information content (AvgIpc) is 2.84. The third kappa shape index (κ3) is 2.73. The number of hydrogen-bond donors (Lipinski definition) is 1. The fourth-order valence-electron chi connectivity index (χ4n) is 2.99. The van der Waals surface area contributed by atoms with Crippen LogP contribution < -0.4 is 5.32 Å². The maximum Gasteiger partial charge on any atom is 0.0485 e. The molecule has 0 spiro atoms. The zero-order valence-corrected chi connectivity index (χ0v) is 13.0. The Morgan fingerprint density at radius 3 is 2.90 bits per heavy atom. The molecule has 1 atom stereocenters. The molecule has 0 bridgehead atoms. The zero-order valence-electron chi connectivity index (χ0n) is 11.5. The van der Waals surface area contributed by atoms with Gasteiger partial charge in [-0.25, -0.2) is 0 Å². The molecule has 2 aromatic rings. The molecular weight excluding hydrogens is 291 g/mol. The van der Waals surface area contributed by atoms with Crippen LogP contribution in [0.4, 0.5) is 0 Å². The van der Waals surface area contributed by atoms with Crippen LogP contribution in [0.25, 0.3) is 0 Å². The summed E-state index contributed by atoms with van der Waals surface area (Å²) in [6.07, 6.45) is 8.15. The van der Waals surface area contributed by atoms with Gasteiger partial charge >= 0.3 is 0 Å². The second kappa shape index (κ2) is 5.80. The Bertz CT molecular complexity index is 619. The van der Waals surface area contributed by atoms with Crippen molar-refractivity contribution in [3.8, 4) is 0 Å². The Balaban J connectivity index is 1.87. The molecule has 1 aromatic carbocycles. The van der Waals surface area contributed by atoms with E-state index in [1.807, 2.05) is 19.2 Å². The maximum absolute atomic E-state index is 6.25. The van der Waals surface area contributed by atoms with E-state index in [0.29, 0.717) is 11.1 Å². The summed E-state index contributed by atoms with van der Waals surface area (Å²) in [6, 6.07) is 6.18. The average molecular weight is 309 g/mol. The van der Waals surface area contributed by atoms with Gasteiger partial charge in [-0.15, -0.1) is 0 Å². The molecule has 1 unspecified atom stereocenters. The Hall–Kier alpha value is -0.960. The van der Waals surface area contributed by atoms with Gasteiger partial charge in [-0.2, -0.15) is 0 Å². The fraction of sp³-hybridized carbons (Fsp3) is 0.375. The first-order valence-electron chi connectivity index (χ1n) is 6.97. The van der Waals surface area contributed by atoms with E-state index in [9.17, 15) is 0 Å². The number of nitrogens with zero attached hydrogens (tertiary/aromatic N) is 1. The number of hydrogen-bond acceptors (Lipinski definition) is 1. The predicted molar refractivity (Wildman–Crippen MR) is 84.7 cm³/mol. The minimum absolute atomic E-state index is 0.487. The highest BCUT2D eigenvalue weighted by Crippen LogP contribution is 2.31. The van der Waals surface area contributed by atoms with Crippen LogP contribution >= 0.6 is 23.2 Å². The molecule has 0 fully saturated rings. The Morgan fingerprint density at radius 1 is 1.30 bits per heavy atom. The Kier molecular flexibility index (Phi) is 4.06. The van der Waals surface area contributed by atoms with Gasteiger partial charge in [0.1, 0.15) is 0 Å². The van der Waals surface area contributed by atoms with E-state index in [1.165, 1.54) is 30.4 Å². The molecule has 106 valence electrons. The van der Waals surface area contributed by atoms with Crippen LogP contribution in [0, 0.1) is 0 Å². The van der Waals surface area contributed by atoms with Gasteiger partial charge in [-0.1, -0.05) is 29.3 Å². The number of halogens is 2. The molecule has 1 aromatic heterocycles. The fourth-order valence-corrected chi connectivity index (χ4v) is 3.45. The van der Waals surface area contributed by atoms with Crippen molar-refractivity contribution in [3.63, 3.8) is 0 Å². The quantitative estimate of drug-likeness (QED) is 0.887. The summed E-state index contributed by atoms with van der Waals surface area (Å²) in [6.45, 7) is 0.791. The van der Waals surface area contributed by atoms with Crippen molar-refractivity contribution in [1.82, 2.24) is 9.88 Å². The van der Waals surface area contributed by atoms with Gasteiger partial charge in [-0.05, 0) is 55.1 Å². The zero-order chi connectivity index (χ0) is 14.1. The Labute approximate surface area is 129 Å². The summed E-state index contributed by atoms with van der Waals surface area (Å²) < 4.78 is 2.23. The number of aryl methyl sites for hydroxylation is 1. The van der Waals surface area contributed by atoms with Gasteiger partial charge in [-0.3, -0.25) is 0 Å². The van der Waals surface area contributed by atoms with E-state index in [1.54, 1.807) is 6.07 Å². The molecule has 0 aliphatic heterocycles. The molecule has 20 heavy (non-hydrogen) atoms. The summed E-state index contributed by atoms with van der Waals surface area (Å²) in [5.74, 6) is 0. The SMILES string of the molecule is CNC1CCCc2cn(Cc3ccc(Cl)cc3Cl)cc21. The van der Waals surface area contributed by atoms with Crippen LogP contribution in [0.5, 0.6) is 0 Å². The lowest BCUT2D eigenvalue weighted by atomic mass is 9.91. The van der Waals surface area contributed by atoms with E-state index in [2.05, 4.69) is 22.3 Å². The number of benzene rings is 1. The monoisotopic (exact) mass is 308 g/mol. The Morgan fingerprint density at radius 2 is 2.15 bits per heavy atom. The minimum atomic E-state index is 0.487. The lowest BCUT2D eigenvalue weighted by Crippen LogP contribution is -2.20. The highest BCUT2D eigenvalue weighted by molar-refractivity contribution is 6.35. The van der Waals surface area contributed by atoms with Gasteiger partial charge in [0.2, 0.25) is 0 Å². The maximum atomic E-state index is 6.25. The van der Waals surface area contributed by atoms with Crippen molar-refractivity contribution in [2.45, 2.75) is 31.8 Å². The summed E-state index contributed by atoms with van der Waals surface area (Å²) in [5, 5.41) is 4.81. The van der Waals surface area contributed by atoms with E-state index in [-0.39, 0.29) is 0 Å². The van der Waals surface area contributed by atoms with Crippen LogP contribution in [-0.2, 0) is 13.0 Å². The predicted octanol–water partition coefficient (Wildman–Crippen LogP) is 4.44. The van der Waals surface area contributed by atoms with E-state index < -0.39 is 0 Å². The summed E-state index contributed by atoms with van der Waals surface area (Å²) in [7, 11) is 2.03. The smallest absolute Gasteiger partial charge is 0.0485 e. The topological polar surface area (TPSA) is 17.0 Å². The van der Waals surface area contributed by atoms with Crippen molar-refractivity contribution in [2.75, 3.05) is 7.05 Å². The van der Waals surface area contributed by atoms with E-state index in [4.69, 9.17) is 23.2 Å². The van der Waals surface area contributed by atoms with E-state index >= 15 is 0 Å². The van der Waals surface area contributed by atoms with Gasteiger partial charge in [0.05, 0.1) is 0 Å². The molecular formula is C16H18Cl2N2. The first kappa shape index (κ1) is 14.0. The van der Waals surface area contributed by atoms with Crippen LogP contribution in [-0.4, -0.2) is 11.6 Å². The van der Waals surface area contributed by atoms with E-state index in [0.717, 1.165) is 17.1 Å². The van der Waals surface area contributed by atoms with Gasteiger partial charge in [0.25, 0.3) is 0 Å². The van der Waals surface area contributed by atoms with Crippen molar-refractivity contribution in [2.24, 2.45) is 0 Å². The summed E-state index contributed by atoms with van der Waals surface area (Å²) >= 11 is 12.2. The van der Waals surface area contributed by atoms with Crippen LogP contribution in [0.15, 0.2) is 30.6 Å². The third-order valence-corrected chi connectivity index (χ3v) is 4.62. The summed E-state index contributed by atoms with van der Waals surface area (Å²) in [5.41, 5.74) is 3.99. The van der Waals surface area contributed by atoms with Gasteiger partial charge in [0.15, 0.2) is 0 Å². The number of fused-ring (bicyclic) bond motifs is 1. The molecule has 1 aliphatic rings. The van der Waals surface area contributed by atoms with Crippen LogP contribution in [0.3, 0.4) is 0 Å². The van der Waals surface area contributed by atoms with Crippen molar-refractivity contribution in [3.05, 3.63) is 57.3 Å². The molecule has 2 nitrogen and oxygen atoms in total. The van der Waals surface area contributed by atoms with Crippen molar-refractivity contribution < 1.29 is 0 Å². The molecule has 0 amide bonds. The molecule has 0 saturated carbocycles. The van der Waals surface area contributed by atoms with Crippen molar-refractivity contribution in [1.29, 1.82) is 0 Å². The standard InChI is InChI=1S/C16H18Cl2N2/c1-19-16-4-2-3-11-8-20(10-14(11)16)9-12-5-6-13(17)7-15(12)18/h5-8,10,16,19H,2-4,9H2,1H3. The molecule has 1 heterocycles. The highest BCUT2D eigenvalue weighted by atomic mass is 35.5. The largest absolute Gasteiger partial charge is 0.349 e. The normalized spacial score (nSPS) is 18.1. The first-order chi connectivity index (χ1) is 9.67. The van der Waals surface area contributed by atoms with Crippen LogP contribution in [0.1, 0.15) is 35.6 Å². The third-order valence-electron chi connectivity index (χ3n) is 4.03. The molecule has 1 N–H and O–H groups in total. The molecule has 0 radical (unpaired) electrons. The minimum Gasteiger partial charge on any atom is -0.349 e. The molecule has 1 aliphatic carbocycles. The molecule has 0 saturated heterocycles. The highest BCUT2D eigenvalue weighted by Gasteiger charge is 2.20. The molecule has 4 heteroatoms. The van der Waals surface area contributed by atoms with Gasteiger partial charge < -0.3 is 9.88 Å². The second-order valence-corrected chi connectivity index (χ2v) is 6.22. The molecule has 3 rings (SSSR count). The lowest BCUT2D eigenvalue weighted by molar-refractivity contribution is 0.498. The number of aromatic nitrogens is 1. The number of nitrogens with one attached hydrogen (secondary N) is 1. The number of rotatable bonds is 3. The first-order valence-corrected chi connectivity index (χ1v) is 7.72. The summed E-state index contributed by atoms with van der Waals surface area (Å²) in [4.78, 5) is 0.